The third-order valence-corrected chi connectivity index (χ3v) is 15.5. The van der Waals surface area contributed by atoms with Gasteiger partial charge in [0.15, 0.2) is 0 Å². The van der Waals surface area contributed by atoms with Gasteiger partial charge in [0, 0.05) is 67.9 Å². The highest BCUT2D eigenvalue weighted by molar-refractivity contribution is 8.00. The van der Waals surface area contributed by atoms with E-state index in [-0.39, 0.29) is 63.9 Å². The highest BCUT2D eigenvalue weighted by Gasteiger charge is 2.40. The number of para-hydroxylation sites is 1. The van der Waals surface area contributed by atoms with E-state index in [2.05, 4.69) is 40.1 Å². The number of unbranched alkanes of at least 4 members (excludes halogenated alkanes) is 13. The number of nitrogens with zero attached hydrogens (tertiary/aromatic N) is 1. The number of ether oxygens (including phenoxy) is 2. The Balaban J connectivity index is 1.42. The Morgan fingerprint density at radius 1 is 0.667 bits per heavy atom. The number of benzene rings is 2. The van der Waals surface area contributed by atoms with Crippen LogP contribution < -0.4 is 27.0 Å². The molecule has 2 aromatic carbocycles. The lowest BCUT2D eigenvalue weighted by molar-refractivity contribution is -0.157. The number of carbonyl (C=O) groups is 10. The van der Waals surface area contributed by atoms with E-state index < -0.39 is 101 Å². The lowest BCUT2D eigenvalue weighted by Gasteiger charge is -2.26. The fourth-order valence-electron chi connectivity index (χ4n) is 9.47. The molecule has 21 heteroatoms. The lowest BCUT2D eigenvalue weighted by Crippen LogP contribution is -2.58. The van der Waals surface area contributed by atoms with E-state index in [0.717, 1.165) is 85.4 Å². The summed E-state index contributed by atoms with van der Waals surface area (Å²) in [5.41, 5.74) is 7.67. The maximum Gasteiger partial charge on any atom is 0.306 e. The Bertz CT molecular complexity index is 2510. The Kier molecular flexibility index (Phi) is 30.7. The number of esters is 2. The summed E-state index contributed by atoms with van der Waals surface area (Å²) in [6, 6.07) is 10.4. The van der Waals surface area contributed by atoms with Crippen LogP contribution in [0.3, 0.4) is 0 Å². The number of likely N-dealkylation sites (tertiary alicyclic amines) is 1. The van der Waals surface area contributed by atoms with Gasteiger partial charge in [0.2, 0.25) is 41.4 Å². The Morgan fingerprint density at radius 3 is 1.88 bits per heavy atom. The number of carboxylic acid groups (broad SMARTS) is 1. The molecular weight excluding hydrogens is 1060 g/mol. The largest absolute Gasteiger partial charge is 0.481 e. The zero-order chi connectivity index (χ0) is 58.9. The molecule has 1 aliphatic heterocycles. The molecule has 0 spiro atoms. The van der Waals surface area contributed by atoms with Crippen molar-refractivity contribution < 1.29 is 62.5 Å². The molecule has 7 amide bonds. The molecule has 1 aromatic heterocycles. The molecular formula is C60H87N7O13S. The second kappa shape index (κ2) is 37.3. The van der Waals surface area contributed by atoms with E-state index in [1.807, 2.05) is 31.2 Å². The Labute approximate surface area is 480 Å². The van der Waals surface area contributed by atoms with Gasteiger partial charge in [-0.1, -0.05) is 159 Å². The average Bonchev–Trinajstić information content (AvgIpc) is 4.06. The van der Waals surface area contributed by atoms with Crippen LogP contribution in [0.5, 0.6) is 0 Å². The number of thioether (sulfide) groups is 1. The minimum absolute atomic E-state index is 0.00104. The molecule has 2 unspecified atom stereocenters. The summed E-state index contributed by atoms with van der Waals surface area (Å²) in [4.78, 5) is 137. The smallest absolute Gasteiger partial charge is 0.306 e. The van der Waals surface area contributed by atoms with Crippen molar-refractivity contribution in [3.8, 4) is 0 Å². The van der Waals surface area contributed by atoms with Gasteiger partial charge in [-0.2, -0.15) is 0 Å². The maximum absolute atomic E-state index is 14.4. The normalized spacial score (nSPS) is 15.0. The van der Waals surface area contributed by atoms with Crippen molar-refractivity contribution in [2.24, 2.45) is 5.73 Å². The predicted molar refractivity (Wildman–Crippen MR) is 309 cm³/mol. The number of amides is 7. The van der Waals surface area contributed by atoms with E-state index >= 15 is 0 Å². The van der Waals surface area contributed by atoms with Crippen molar-refractivity contribution >= 4 is 81.9 Å². The molecule has 1 aliphatic rings. The quantitative estimate of drug-likeness (QED) is 0.0170. The SMILES string of the molecule is CCCCCCCCCC(=O)OCC(CSC1CC(=O)N(CCC(=O)N[C@@H](Cc2c[nH]c3ccccc23)C(=O)N[C@@H](CCCC)C(=O)N[C@@H](CC(=O)O)C(=O)N[C@@H](Cc2ccccc2)C(N)=O)C1=O)OC(=O)CCCCCCCCC. The molecule has 446 valence electrons. The molecule has 1 fully saturated rings. The van der Waals surface area contributed by atoms with Crippen molar-refractivity contribution in [3.63, 3.8) is 0 Å². The Morgan fingerprint density at radius 2 is 1.23 bits per heavy atom. The summed E-state index contributed by atoms with van der Waals surface area (Å²) in [6.45, 7) is 5.66. The van der Waals surface area contributed by atoms with Gasteiger partial charge in [0.25, 0.3) is 0 Å². The van der Waals surface area contributed by atoms with Crippen LogP contribution in [0.2, 0.25) is 0 Å². The van der Waals surface area contributed by atoms with Crippen molar-refractivity contribution in [2.75, 3.05) is 18.9 Å². The predicted octanol–water partition coefficient (Wildman–Crippen LogP) is 7.03. The van der Waals surface area contributed by atoms with Crippen LogP contribution in [-0.2, 0) is 70.3 Å². The maximum atomic E-state index is 14.4. The molecule has 0 bridgehead atoms. The summed E-state index contributed by atoms with van der Waals surface area (Å²) < 4.78 is 11.4. The molecule has 0 radical (unpaired) electrons. The van der Waals surface area contributed by atoms with Crippen molar-refractivity contribution in [1.82, 2.24) is 31.2 Å². The molecule has 81 heavy (non-hydrogen) atoms. The summed E-state index contributed by atoms with van der Waals surface area (Å²) >= 11 is 1.11. The number of aromatic amines is 1. The highest BCUT2D eigenvalue weighted by atomic mass is 32.2. The minimum atomic E-state index is -1.68. The highest BCUT2D eigenvalue weighted by Crippen LogP contribution is 2.27. The van der Waals surface area contributed by atoms with Crippen molar-refractivity contribution in [2.45, 2.75) is 210 Å². The number of imide groups is 1. The van der Waals surface area contributed by atoms with Crippen LogP contribution in [0.4, 0.5) is 0 Å². The first kappa shape index (κ1) is 66.7. The third-order valence-electron chi connectivity index (χ3n) is 14.1. The number of carboxylic acids is 1. The molecule has 2 heterocycles. The molecule has 3 aromatic rings. The number of hydrogen-bond acceptors (Lipinski definition) is 13. The third kappa shape index (κ3) is 24.9. The zero-order valence-corrected chi connectivity index (χ0v) is 48.4. The molecule has 8 N–H and O–H groups in total. The topological polar surface area (TPSA) is 303 Å². The molecule has 1 saturated heterocycles. The number of nitrogens with one attached hydrogen (secondary N) is 5. The summed E-state index contributed by atoms with van der Waals surface area (Å²) in [7, 11) is 0. The fraction of sp³-hybridized carbons (Fsp3) is 0.600. The summed E-state index contributed by atoms with van der Waals surface area (Å²) in [5.74, 6) is -7.49. The van der Waals surface area contributed by atoms with Crippen molar-refractivity contribution in [1.29, 1.82) is 0 Å². The van der Waals surface area contributed by atoms with E-state index in [1.165, 1.54) is 19.3 Å². The van der Waals surface area contributed by atoms with Gasteiger partial charge >= 0.3 is 17.9 Å². The van der Waals surface area contributed by atoms with Crippen LogP contribution in [0.15, 0.2) is 60.8 Å². The van der Waals surface area contributed by atoms with Gasteiger partial charge in [0.05, 0.1) is 11.7 Å². The monoisotopic (exact) mass is 1150 g/mol. The van der Waals surface area contributed by atoms with Crippen LogP contribution in [-0.4, -0.2) is 129 Å². The number of H-pyrrole nitrogens is 1. The minimum Gasteiger partial charge on any atom is -0.481 e. The van der Waals surface area contributed by atoms with Crippen molar-refractivity contribution in [3.05, 3.63) is 71.9 Å². The number of fused-ring (bicyclic) bond motifs is 1. The number of nitrogens with two attached hydrogens (primary N) is 1. The van der Waals surface area contributed by atoms with E-state index in [1.54, 1.807) is 36.5 Å². The number of carbonyl (C=O) groups excluding carboxylic acids is 9. The zero-order valence-electron chi connectivity index (χ0n) is 47.6. The summed E-state index contributed by atoms with van der Waals surface area (Å²) in [5, 5.41) is 20.0. The number of aromatic nitrogens is 1. The van der Waals surface area contributed by atoms with Crippen LogP contribution >= 0.6 is 11.8 Å². The fourth-order valence-corrected chi connectivity index (χ4v) is 10.6. The number of primary amides is 1. The van der Waals surface area contributed by atoms with Crippen LogP contribution in [0, 0.1) is 0 Å². The first-order valence-corrected chi connectivity index (χ1v) is 30.2. The molecule has 6 atom stereocenters. The molecule has 0 saturated carbocycles. The van der Waals surface area contributed by atoms with Gasteiger partial charge in [-0.25, -0.2) is 0 Å². The molecule has 20 nitrogen and oxygen atoms in total. The van der Waals surface area contributed by atoms with Gasteiger partial charge in [-0.15, -0.1) is 11.8 Å². The standard InChI is InChI=1S/C60H87N7O13S/c1-4-7-10-12-14-16-21-30-54(72)79-39-43(80-55(73)31-22-17-15-13-11-8-5-2)40-81-50-37-52(69)67(60(50)78)33-32-51(68)63-48(35-42-38-62-45-29-24-23-27-44(42)45)58(76)64-46(28-9-6-3)57(75)66-49(36-53(70)71)59(77)65-47(56(61)74)34-41-25-19-18-20-26-41/h18-20,23-27,29,38,43,46-50,62H,4-17,21-22,28,30-37,39-40H2,1-3H3,(H2,61,74)(H,63,68)(H,64,76)(H,65,77)(H,66,75)(H,70,71)/t43?,46-,47-,48-,49-,50?/m0/s1. The average molecular weight is 1150 g/mol. The molecule has 0 aliphatic carbocycles. The lowest BCUT2D eigenvalue weighted by atomic mass is 10.0. The van der Waals surface area contributed by atoms with E-state index in [4.69, 9.17) is 15.2 Å². The van der Waals surface area contributed by atoms with Gasteiger partial charge in [-0.3, -0.25) is 52.8 Å². The summed E-state index contributed by atoms with van der Waals surface area (Å²) in [6.07, 6.45) is 15.2. The Hall–Kier alpha value is -6.77. The number of aliphatic carboxylic acids is 1. The van der Waals surface area contributed by atoms with Gasteiger partial charge < -0.3 is 46.6 Å². The van der Waals surface area contributed by atoms with Gasteiger partial charge in [-0.05, 0) is 36.5 Å². The second-order valence-electron chi connectivity index (χ2n) is 20.9. The van der Waals surface area contributed by atoms with E-state index in [0.29, 0.717) is 36.8 Å². The van der Waals surface area contributed by atoms with Crippen LogP contribution in [0.1, 0.15) is 173 Å². The van der Waals surface area contributed by atoms with E-state index in [9.17, 15) is 53.1 Å². The number of rotatable bonds is 42. The van der Waals surface area contributed by atoms with Gasteiger partial charge in [0.1, 0.15) is 36.9 Å². The number of hydrogen-bond donors (Lipinski definition) is 7. The van der Waals surface area contributed by atoms with Crippen LogP contribution in [0.25, 0.3) is 10.9 Å². The second-order valence-corrected chi connectivity index (χ2v) is 22.1. The first-order valence-electron chi connectivity index (χ1n) is 29.1. The molecule has 4 rings (SSSR count). The first-order chi connectivity index (χ1) is 39.0.